The van der Waals surface area contributed by atoms with E-state index in [9.17, 15) is 4.48 Å². The number of nitrogens with two attached hydrogens (primary N) is 1. The third-order valence-corrected chi connectivity index (χ3v) is 1.75. The third kappa shape index (κ3) is 1.09. The second kappa shape index (κ2) is 2.50. The molecule has 2 nitrogen and oxygen atoms in total. The number of rotatable bonds is 0. The zero-order chi connectivity index (χ0) is 7.72. The Morgan fingerprint density at radius 1 is 1.70 bits per heavy atom. The van der Waals surface area contributed by atoms with Crippen LogP contribution in [0.15, 0.2) is 23.5 Å². The molecule has 0 aromatic carbocycles. The molecular formula is C6H8ClFN2. The first-order chi connectivity index (χ1) is 4.63. The lowest BCUT2D eigenvalue weighted by atomic mass is 10.2. The molecule has 0 radical (unpaired) electrons. The fourth-order valence-electron chi connectivity index (χ4n) is 0.677. The van der Waals surface area contributed by atoms with Crippen LogP contribution in [0.1, 0.15) is 6.92 Å². The minimum Gasteiger partial charge on any atom is -0.399 e. The van der Waals surface area contributed by atoms with Gasteiger partial charge in [-0.2, -0.15) is 5.12 Å². The first-order valence-electron chi connectivity index (χ1n) is 2.86. The fraction of sp³-hybridized carbons (Fsp3) is 0.333. The largest absolute Gasteiger partial charge is 0.399 e. The van der Waals surface area contributed by atoms with Gasteiger partial charge in [0.25, 0.3) is 0 Å². The van der Waals surface area contributed by atoms with Crippen molar-refractivity contribution in [2.45, 2.75) is 12.4 Å². The normalized spacial score (nSPS) is 25.9. The van der Waals surface area contributed by atoms with E-state index >= 15 is 0 Å². The van der Waals surface area contributed by atoms with Crippen LogP contribution < -0.4 is 5.73 Å². The summed E-state index contributed by atoms with van der Waals surface area (Å²) in [7, 11) is 0. The van der Waals surface area contributed by atoms with E-state index in [4.69, 9.17) is 17.3 Å². The predicted octanol–water partition coefficient (Wildman–Crippen LogP) is 1.50. The average Bonchev–Trinajstić information content (AvgIpc) is 1.93. The molecule has 4 heteroatoms. The molecule has 0 spiro atoms. The standard InChI is InChI=1S/C6H8ClFN2/c1-4-2-3-5(9)6(7)10(4)8/h2-3,6H,9H2,1H3. The summed E-state index contributed by atoms with van der Waals surface area (Å²) in [6, 6.07) is 0. The van der Waals surface area contributed by atoms with E-state index in [2.05, 4.69) is 0 Å². The summed E-state index contributed by atoms with van der Waals surface area (Å²) in [4.78, 5) is 0. The molecule has 56 valence electrons. The van der Waals surface area contributed by atoms with Gasteiger partial charge in [0.1, 0.15) is 0 Å². The molecular weight excluding hydrogens is 155 g/mol. The van der Waals surface area contributed by atoms with Crippen molar-refractivity contribution in [1.82, 2.24) is 5.12 Å². The van der Waals surface area contributed by atoms with Gasteiger partial charge in [-0.25, -0.2) is 0 Å². The molecule has 0 saturated heterocycles. The predicted molar refractivity (Wildman–Crippen MR) is 38.6 cm³/mol. The Hall–Kier alpha value is -0.700. The number of hydrogen-bond acceptors (Lipinski definition) is 2. The van der Waals surface area contributed by atoms with Crippen molar-refractivity contribution >= 4 is 11.6 Å². The molecule has 10 heavy (non-hydrogen) atoms. The zero-order valence-corrected chi connectivity index (χ0v) is 6.27. The second-order valence-electron chi connectivity index (χ2n) is 2.12. The highest BCUT2D eigenvalue weighted by Gasteiger charge is 2.20. The maximum atomic E-state index is 12.7. The first-order valence-corrected chi connectivity index (χ1v) is 3.29. The molecule has 0 aromatic heterocycles. The molecule has 1 unspecified atom stereocenters. The first kappa shape index (κ1) is 7.41. The molecule has 1 rings (SSSR count). The van der Waals surface area contributed by atoms with E-state index in [1.807, 2.05) is 0 Å². The lowest BCUT2D eigenvalue weighted by Crippen LogP contribution is -2.29. The quantitative estimate of drug-likeness (QED) is 0.332. The van der Waals surface area contributed by atoms with E-state index in [1.54, 1.807) is 19.1 Å². The monoisotopic (exact) mass is 162 g/mol. The van der Waals surface area contributed by atoms with E-state index < -0.39 is 5.50 Å². The third-order valence-electron chi connectivity index (χ3n) is 1.33. The van der Waals surface area contributed by atoms with Gasteiger partial charge < -0.3 is 5.73 Å². The number of allylic oxidation sites excluding steroid dienone is 3. The van der Waals surface area contributed by atoms with Crippen LogP contribution in [0.3, 0.4) is 0 Å². The molecule has 1 aliphatic heterocycles. The van der Waals surface area contributed by atoms with E-state index in [0.29, 0.717) is 16.5 Å². The van der Waals surface area contributed by atoms with E-state index in [-0.39, 0.29) is 0 Å². The highest BCUT2D eigenvalue weighted by molar-refractivity contribution is 6.22. The number of halogens is 2. The van der Waals surface area contributed by atoms with Gasteiger partial charge in [-0.3, -0.25) is 0 Å². The van der Waals surface area contributed by atoms with Gasteiger partial charge in [0, 0.05) is 11.4 Å². The van der Waals surface area contributed by atoms with E-state index in [1.165, 1.54) is 0 Å². The van der Waals surface area contributed by atoms with Crippen molar-refractivity contribution < 1.29 is 4.48 Å². The van der Waals surface area contributed by atoms with Gasteiger partial charge in [0.2, 0.25) is 0 Å². The molecule has 0 saturated carbocycles. The van der Waals surface area contributed by atoms with Gasteiger partial charge in [0.05, 0.1) is 0 Å². The smallest absolute Gasteiger partial charge is 0.173 e. The molecule has 1 atom stereocenters. The second-order valence-corrected chi connectivity index (χ2v) is 2.54. The van der Waals surface area contributed by atoms with Crippen molar-refractivity contribution in [2.75, 3.05) is 0 Å². The summed E-state index contributed by atoms with van der Waals surface area (Å²) in [6.45, 7) is 1.62. The molecule has 1 heterocycles. The molecule has 0 amide bonds. The van der Waals surface area contributed by atoms with Gasteiger partial charge in [-0.15, -0.1) is 0 Å². The Kier molecular flexibility index (Phi) is 1.85. The van der Waals surface area contributed by atoms with Gasteiger partial charge in [-0.05, 0) is 19.1 Å². The summed E-state index contributed by atoms with van der Waals surface area (Å²) in [5, 5.41) is 0.427. The van der Waals surface area contributed by atoms with Crippen molar-refractivity contribution in [2.24, 2.45) is 5.73 Å². The van der Waals surface area contributed by atoms with Crippen LogP contribution in [0, 0.1) is 0 Å². The molecule has 0 bridgehead atoms. The lowest BCUT2D eigenvalue weighted by Gasteiger charge is -2.23. The Balaban J connectivity index is 2.86. The molecule has 0 aromatic rings. The Morgan fingerprint density at radius 3 is 2.80 bits per heavy atom. The van der Waals surface area contributed by atoms with Crippen molar-refractivity contribution in [1.29, 1.82) is 0 Å². The van der Waals surface area contributed by atoms with Crippen LogP contribution in [-0.2, 0) is 0 Å². The SMILES string of the molecule is CC1=CC=C(N)C(Cl)N1F. The van der Waals surface area contributed by atoms with Crippen LogP contribution in [0.5, 0.6) is 0 Å². The van der Waals surface area contributed by atoms with Gasteiger partial charge in [-0.1, -0.05) is 16.1 Å². The van der Waals surface area contributed by atoms with Crippen LogP contribution in [0.4, 0.5) is 4.48 Å². The maximum absolute atomic E-state index is 12.7. The minimum atomic E-state index is -0.843. The van der Waals surface area contributed by atoms with Crippen molar-refractivity contribution in [3.8, 4) is 0 Å². The average molecular weight is 163 g/mol. The lowest BCUT2D eigenvalue weighted by molar-refractivity contribution is 0.0638. The van der Waals surface area contributed by atoms with Crippen molar-refractivity contribution in [3.05, 3.63) is 23.5 Å². The molecule has 1 aliphatic rings. The number of hydrogen-bond donors (Lipinski definition) is 1. The number of nitrogens with zero attached hydrogens (tertiary/aromatic N) is 1. The van der Waals surface area contributed by atoms with Crippen LogP contribution in [-0.4, -0.2) is 10.6 Å². The topological polar surface area (TPSA) is 29.3 Å². The summed E-state index contributed by atoms with van der Waals surface area (Å²) in [6.07, 6.45) is 3.18. The van der Waals surface area contributed by atoms with Crippen LogP contribution in [0.25, 0.3) is 0 Å². The summed E-state index contributed by atoms with van der Waals surface area (Å²) in [5.41, 5.74) is 5.29. The molecule has 0 fully saturated rings. The maximum Gasteiger partial charge on any atom is 0.173 e. The molecule has 0 aliphatic carbocycles. The Labute approximate surface area is 63.7 Å². The number of alkyl halides is 1. The van der Waals surface area contributed by atoms with Crippen molar-refractivity contribution in [3.63, 3.8) is 0 Å². The Bertz CT molecular complexity index is 178. The Morgan fingerprint density at radius 2 is 2.30 bits per heavy atom. The summed E-state index contributed by atoms with van der Waals surface area (Å²) >= 11 is 5.53. The highest BCUT2D eigenvalue weighted by Crippen LogP contribution is 2.21. The van der Waals surface area contributed by atoms with Crippen LogP contribution in [0.2, 0.25) is 0 Å². The summed E-state index contributed by atoms with van der Waals surface area (Å²) < 4.78 is 12.7. The zero-order valence-electron chi connectivity index (χ0n) is 5.51. The summed E-state index contributed by atoms with van der Waals surface area (Å²) in [5.74, 6) is 0. The molecule has 2 N–H and O–H groups in total. The fourth-order valence-corrected chi connectivity index (χ4v) is 0.904. The van der Waals surface area contributed by atoms with Gasteiger partial charge >= 0.3 is 0 Å². The minimum absolute atomic E-state index is 0.328. The highest BCUT2D eigenvalue weighted by atomic mass is 35.5. The van der Waals surface area contributed by atoms with E-state index in [0.717, 1.165) is 0 Å². The van der Waals surface area contributed by atoms with Crippen LogP contribution >= 0.6 is 11.6 Å². The van der Waals surface area contributed by atoms with Gasteiger partial charge in [0.15, 0.2) is 5.50 Å².